The summed E-state index contributed by atoms with van der Waals surface area (Å²) in [4.78, 5) is 4.14. The molecule has 0 amide bonds. The molecular formula is C15H11ClN2O3S. The van der Waals surface area contributed by atoms with Gasteiger partial charge in [-0.25, -0.2) is 18.5 Å². The van der Waals surface area contributed by atoms with E-state index in [0.717, 1.165) is 5.56 Å². The standard InChI is InChI=1S/C15H11ClN2O3S/c16-11-7-5-10(6-8-11)15-14(18-9-21-15)12-3-1-2-4-13(12)22(17,19)20/h1-9H,(H2,17,19,20). The van der Waals surface area contributed by atoms with Crippen molar-refractivity contribution in [2.24, 2.45) is 5.14 Å². The number of hydrogen-bond acceptors (Lipinski definition) is 4. The predicted molar refractivity (Wildman–Crippen MR) is 83.8 cm³/mol. The highest BCUT2D eigenvalue weighted by atomic mass is 35.5. The molecule has 0 aliphatic heterocycles. The fourth-order valence-corrected chi connectivity index (χ4v) is 3.02. The molecule has 0 saturated carbocycles. The average Bonchev–Trinajstić information content (AvgIpc) is 2.96. The third-order valence-corrected chi connectivity index (χ3v) is 4.34. The number of hydrogen-bond donors (Lipinski definition) is 1. The van der Waals surface area contributed by atoms with Crippen molar-refractivity contribution < 1.29 is 12.8 Å². The summed E-state index contributed by atoms with van der Waals surface area (Å²) >= 11 is 5.87. The molecule has 22 heavy (non-hydrogen) atoms. The summed E-state index contributed by atoms with van der Waals surface area (Å²) in [5.74, 6) is 0.452. The van der Waals surface area contributed by atoms with Crippen LogP contribution in [-0.4, -0.2) is 13.4 Å². The largest absolute Gasteiger partial charge is 0.443 e. The molecule has 1 aromatic heterocycles. The molecule has 112 valence electrons. The molecule has 0 fully saturated rings. The van der Waals surface area contributed by atoms with Crippen molar-refractivity contribution in [3.05, 3.63) is 59.9 Å². The zero-order valence-electron chi connectivity index (χ0n) is 11.2. The van der Waals surface area contributed by atoms with Gasteiger partial charge < -0.3 is 4.42 Å². The Morgan fingerprint density at radius 2 is 1.73 bits per heavy atom. The SMILES string of the molecule is NS(=O)(=O)c1ccccc1-c1ncoc1-c1ccc(Cl)cc1. The van der Waals surface area contributed by atoms with Crippen LogP contribution in [0.4, 0.5) is 0 Å². The van der Waals surface area contributed by atoms with Gasteiger partial charge in [0.05, 0.1) is 4.90 Å². The molecule has 0 saturated heterocycles. The minimum absolute atomic E-state index is 0.000821. The lowest BCUT2D eigenvalue weighted by atomic mass is 10.1. The molecule has 1 heterocycles. The van der Waals surface area contributed by atoms with Crippen LogP contribution in [0.15, 0.2) is 64.2 Å². The van der Waals surface area contributed by atoms with Gasteiger partial charge in [-0.3, -0.25) is 0 Å². The molecule has 3 aromatic rings. The van der Waals surface area contributed by atoms with Crippen molar-refractivity contribution in [3.63, 3.8) is 0 Å². The van der Waals surface area contributed by atoms with Crippen molar-refractivity contribution in [3.8, 4) is 22.6 Å². The van der Waals surface area contributed by atoms with E-state index >= 15 is 0 Å². The summed E-state index contributed by atoms with van der Waals surface area (Å²) in [5.41, 5.74) is 1.54. The number of primary sulfonamides is 1. The monoisotopic (exact) mass is 334 g/mol. The third-order valence-electron chi connectivity index (χ3n) is 3.12. The van der Waals surface area contributed by atoms with Crippen LogP contribution < -0.4 is 5.14 Å². The summed E-state index contributed by atoms with van der Waals surface area (Å²) < 4.78 is 28.9. The number of rotatable bonds is 3. The highest BCUT2D eigenvalue weighted by Gasteiger charge is 2.20. The lowest BCUT2D eigenvalue weighted by molar-refractivity contribution is 0.572. The molecule has 0 aliphatic carbocycles. The van der Waals surface area contributed by atoms with E-state index in [0.29, 0.717) is 22.0 Å². The van der Waals surface area contributed by atoms with Gasteiger partial charge in [0.2, 0.25) is 10.0 Å². The van der Waals surface area contributed by atoms with Crippen LogP contribution in [0.1, 0.15) is 0 Å². The predicted octanol–water partition coefficient (Wildman–Crippen LogP) is 3.31. The summed E-state index contributed by atoms with van der Waals surface area (Å²) in [6.45, 7) is 0. The number of nitrogens with two attached hydrogens (primary N) is 1. The maximum atomic E-state index is 11.7. The molecule has 0 radical (unpaired) electrons. The van der Waals surface area contributed by atoms with Gasteiger partial charge in [-0.1, -0.05) is 29.8 Å². The number of sulfonamides is 1. The molecule has 7 heteroatoms. The van der Waals surface area contributed by atoms with Gasteiger partial charge >= 0.3 is 0 Å². The van der Waals surface area contributed by atoms with E-state index in [1.807, 2.05) is 0 Å². The van der Waals surface area contributed by atoms with Crippen molar-refractivity contribution in [1.29, 1.82) is 0 Å². The highest BCUT2D eigenvalue weighted by molar-refractivity contribution is 7.89. The number of halogens is 1. The first-order valence-corrected chi connectivity index (χ1v) is 8.21. The van der Waals surface area contributed by atoms with Gasteiger partial charge in [-0.15, -0.1) is 0 Å². The molecule has 2 N–H and O–H groups in total. The summed E-state index contributed by atoms with van der Waals surface area (Å²) in [5, 5.41) is 5.86. The second kappa shape index (κ2) is 5.57. The third kappa shape index (κ3) is 2.76. The number of nitrogens with zero attached hydrogens (tertiary/aromatic N) is 1. The van der Waals surface area contributed by atoms with Gasteiger partial charge in [-0.05, 0) is 30.3 Å². The van der Waals surface area contributed by atoms with Gasteiger partial charge in [0.25, 0.3) is 0 Å². The minimum Gasteiger partial charge on any atom is -0.443 e. The maximum absolute atomic E-state index is 11.7. The van der Waals surface area contributed by atoms with Gasteiger partial charge in [0, 0.05) is 16.1 Å². The maximum Gasteiger partial charge on any atom is 0.238 e. The van der Waals surface area contributed by atoms with Crippen LogP contribution >= 0.6 is 11.6 Å². The summed E-state index contributed by atoms with van der Waals surface area (Å²) in [6, 6.07) is 13.4. The molecule has 0 atom stereocenters. The van der Waals surface area contributed by atoms with E-state index in [-0.39, 0.29) is 4.90 Å². The Morgan fingerprint density at radius 3 is 2.41 bits per heavy atom. The van der Waals surface area contributed by atoms with E-state index in [1.165, 1.54) is 12.5 Å². The van der Waals surface area contributed by atoms with Crippen LogP contribution in [0, 0.1) is 0 Å². The Kier molecular flexibility index (Phi) is 3.74. The fourth-order valence-electron chi connectivity index (χ4n) is 2.15. The first-order valence-electron chi connectivity index (χ1n) is 6.28. The average molecular weight is 335 g/mol. The number of oxazole rings is 1. The Hall–Kier alpha value is -2.15. The fraction of sp³-hybridized carbons (Fsp3) is 0. The zero-order chi connectivity index (χ0) is 15.7. The first kappa shape index (κ1) is 14.8. The van der Waals surface area contributed by atoms with Gasteiger partial charge in [-0.2, -0.15) is 0 Å². The van der Waals surface area contributed by atoms with Crippen molar-refractivity contribution >= 4 is 21.6 Å². The Balaban J connectivity index is 2.20. The Bertz CT molecular complexity index is 918. The zero-order valence-corrected chi connectivity index (χ0v) is 12.8. The van der Waals surface area contributed by atoms with Crippen molar-refractivity contribution in [2.45, 2.75) is 4.90 Å². The summed E-state index contributed by atoms with van der Waals surface area (Å²) in [7, 11) is -3.87. The van der Waals surface area contributed by atoms with Crippen molar-refractivity contribution in [2.75, 3.05) is 0 Å². The number of benzene rings is 2. The molecule has 0 aliphatic rings. The molecule has 2 aromatic carbocycles. The van der Waals surface area contributed by atoms with Crippen LogP contribution in [-0.2, 0) is 10.0 Å². The molecule has 5 nitrogen and oxygen atoms in total. The highest BCUT2D eigenvalue weighted by Crippen LogP contribution is 2.34. The topological polar surface area (TPSA) is 86.2 Å². The lowest BCUT2D eigenvalue weighted by Gasteiger charge is -2.07. The van der Waals surface area contributed by atoms with Crippen LogP contribution in [0.3, 0.4) is 0 Å². The molecule has 0 unspecified atom stereocenters. The molecule has 3 rings (SSSR count). The smallest absolute Gasteiger partial charge is 0.238 e. The van der Waals surface area contributed by atoms with Crippen LogP contribution in [0.25, 0.3) is 22.6 Å². The second-order valence-corrected chi connectivity index (χ2v) is 6.54. The normalized spacial score (nSPS) is 11.5. The second-order valence-electron chi connectivity index (χ2n) is 4.58. The van der Waals surface area contributed by atoms with E-state index in [2.05, 4.69) is 4.98 Å². The Morgan fingerprint density at radius 1 is 1.05 bits per heavy atom. The van der Waals surface area contributed by atoms with E-state index in [9.17, 15) is 8.42 Å². The molecule has 0 spiro atoms. The molecule has 0 bridgehead atoms. The molecular weight excluding hydrogens is 324 g/mol. The quantitative estimate of drug-likeness (QED) is 0.796. The lowest BCUT2D eigenvalue weighted by Crippen LogP contribution is -2.13. The Labute approximate surface area is 132 Å². The summed E-state index contributed by atoms with van der Waals surface area (Å²) in [6.07, 6.45) is 1.26. The van der Waals surface area contributed by atoms with E-state index < -0.39 is 10.0 Å². The number of aromatic nitrogens is 1. The van der Waals surface area contributed by atoms with Crippen molar-refractivity contribution in [1.82, 2.24) is 4.98 Å². The van der Waals surface area contributed by atoms with Gasteiger partial charge in [0.1, 0.15) is 5.69 Å². The van der Waals surface area contributed by atoms with Gasteiger partial charge in [0.15, 0.2) is 12.2 Å². The minimum atomic E-state index is -3.87. The van der Waals surface area contributed by atoms with Crippen LogP contribution in [0.5, 0.6) is 0 Å². The first-order chi connectivity index (χ1) is 10.5. The van der Waals surface area contributed by atoms with E-state index in [1.54, 1.807) is 42.5 Å². The van der Waals surface area contributed by atoms with Crippen LogP contribution in [0.2, 0.25) is 5.02 Å². The van der Waals surface area contributed by atoms with E-state index in [4.69, 9.17) is 21.2 Å².